The Morgan fingerprint density at radius 1 is 1.13 bits per heavy atom. The van der Waals surface area contributed by atoms with Crippen molar-refractivity contribution in [3.63, 3.8) is 0 Å². The van der Waals surface area contributed by atoms with Crippen molar-refractivity contribution in [3.05, 3.63) is 61.1 Å². The fourth-order valence-electron chi connectivity index (χ4n) is 2.61. The minimum absolute atomic E-state index is 0.312. The average Bonchev–Trinajstić information content (AvgIpc) is 2.99. The van der Waals surface area contributed by atoms with E-state index in [1.54, 1.807) is 22.7 Å². The molecule has 0 atom stereocenters. The molecule has 0 bridgehead atoms. The average molecular weight is 304 g/mol. The maximum atomic E-state index is 11.0. The number of ether oxygens (including phenoxy) is 1. The largest absolute Gasteiger partial charge is 0.410 e. The summed E-state index contributed by atoms with van der Waals surface area (Å²) in [7, 11) is 0. The van der Waals surface area contributed by atoms with E-state index in [0.29, 0.717) is 17.1 Å². The number of rotatable bonds is 2. The molecule has 0 aliphatic carbocycles. The van der Waals surface area contributed by atoms with E-state index >= 15 is 0 Å². The van der Waals surface area contributed by atoms with Gasteiger partial charge < -0.3 is 14.9 Å². The second-order valence-corrected chi connectivity index (χ2v) is 5.03. The van der Waals surface area contributed by atoms with Gasteiger partial charge in [-0.25, -0.2) is 9.78 Å². The molecule has 0 aliphatic heterocycles. The Kier molecular flexibility index (Phi) is 2.94. The summed E-state index contributed by atoms with van der Waals surface area (Å²) in [6.07, 6.45) is 4.55. The lowest BCUT2D eigenvalue weighted by Crippen LogP contribution is -2.16. The predicted octanol–water partition coefficient (Wildman–Crippen LogP) is 3.01. The fraction of sp³-hybridized carbons (Fsp3) is 0. The van der Waals surface area contributed by atoms with Gasteiger partial charge in [0.2, 0.25) is 0 Å². The molecule has 3 heterocycles. The van der Waals surface area contributed by atoms with Gasteiger partial charge in [0.15, 0.2) is 11.4 Å². The number of nitrogens with two attached hydrogens (primary N) is 1. The summed E-state index contributed by atoms with van der Waals surface area (Å²) >= 11 is 0. The molecule has 0 spiro atoms. The second kappa shape index (κ2) is 5.10. The highest BCUT2D eigenvalue weighted by atomic mass is 16.5. The number of aromatic nitrogens is 3. The van der Waals surface area contributed by atoms with E-state index in [-0.39, 0.29) is 0 Å². The predicted molar refractivity (Wildman–Crippen MR) is 86.1 cm³/mol. The molecule has 0 aliphatic rings. The zero-order valence-corrected chi connectivity index (χ0v) is 12.0. The van der Waals surface area contributed by atoms with Crippen LogP contribution in [0.5, 0.6) is 5.75 Å². The third kappa shape index (κ3) is 2.26. The van der Waals surface area contributed by atoms with Crippen LogP contribution in [0, 0.1) is 0 Å². The van der Waals surface area contributed by atoms with Crippen LogP contribution in [0.2, 0.25) is 0 Å². The van der Waals surface area contributed by atoms with Gasteiger partial charge >= 0.3 is 6.09 Å². The van der Waals surface area contributed by atoms with Crippen LogP contribution in [-0.2, 0) is 0 Å². The maximum Gasteiger partial charge on any atom is 0.410 e. The molecule has 6 heteroatoms. The molecule has 1 aromatic carbocycles. The van der Waals surface area contributed by atoms with Crippen molar-refractivity contribution < 1.29 is 9.53 Å². The molecule has 0 saturated carbocycles. The van der Waals surface area contributed by atoms with Gasteiger partial charge in [0.05, 0.1) is 5.69 Å². The molecule has 4 rings (SSSR count). The van der Waals surface area contributed by atoms with E-state index in [9.17, 15) is 4.79 Å². The van der Waals surface area contributed by atoms with Crippen molar-refractivity contribution in [1.82, 2.24) is 14.4 Å². The van der Waals surface area contributed by atoms with Crippen LogP contribution in [0.25, 0.3) is 27.8 Å². The van der Waals surface area contributed by atoms with Gasteiger partial charge in [0.1, 0.15) is 5.69 Å². The molecule has 0 unspecified atom stereocenters. The first-order chi connectivity index (χ1) is 11.2. The Labute approximate surface area is 131 Å². The molecule has 112 valence electrons. The first kappa shape index (κ1) is 13.3. The van der Waals surface area contributed by atoms with E-state index < -0.39 is 6.09 Å². The van der Waals surface area contributed by atoms with Gasteiger partial charge in [-0.2, -0.15) is 0 Å². The second-order valence-electron chi connectivity index (χ2n) is 5.03. The standard InChI is InChI=1S/C17H12N4O2/c18-17(22)23-14-6-3-9-21-10-13(20-16(14)21)15-12-5-2-1-4-11(12)7-8-19-15/h1-10H,(H2,18,22). The Hall–Kier alpha value is -3.41. The Balaban J connectivity index is 1.94. The van der Waals surface area contributed by atoms with Crippen molar-refractivity contribution >= 4 is 22.5 Å². The molecule has 23 heavy (non-hydrogen) atoms. The van der Waals surface area contributed by atoms with Crippen LogP contribution in [-0.4, -0.2) is 20.5 Å². The highest BCUT2D eigenvalue weighted by Gasteiger charge is 2.13. The smallest absolute Gasteiger partial charge is 0.406 e. The highest BCUT2D eigenvalue weighted by molar-refractivity contribution is 5.93. The van der Waals surface area contributed by atoms with Crippen LogP contribution >= 0.6 is 0 Å². The summed E-state index contributed by atoms with van der Waals surface area (Å²) < 4.78 is 6.77. The third-order valence-electron chi connectivity index (χ3n) is 3.57. The minimum atomic E-state index is -0.870. The monoisotopic (exact) mass is 304 g/mol. The highest BCUT2D eigenvalue weighted by Crippen LogP contribution is 2.28. The number of imidazole rings is 1. The number of amides is 1. The van der Waals surface area contributed by atoms with Crippen molar-refractivity contribution in [3.8, 4) is 17.1 Å². The number of fused-ring (bicyclic) bond motifs is 2. The summed E-state index contributed by atoms with van der Waals surface area (Å²) in [5, 5.41) is 2.10. The quantitative estimate of drug-likeness (QED) is 0.617. The maximum absolute atomic E-state index is 11.0. The summed E-state index contributed by atoms with van der Waals surface area (Å²) in [6, 6.07) is 13.3. The van der Waals surface area contributed by atoms with E-state index in [1.165, 1.54) is 0 Å². The van der Waals surface area contributed by atoms with Crippen molar-refractivity contribution in [2.75, 3.05) is 0 Å². The molecule has 6 nitrogen and oxygen atoms in total. The molecule has 0 radical (unpaired) electrons. The number of carbonyl (C=O) groups is 1. The van der Waals surface area contributed by atoms with Gasteiger partial charge in [-0.05, 0) is 23.6 Å². The number of primary amides is 1. The van der Waals surface area contributed by atoms with Gasteiger partial charge in [-0.3, -0.25) is 4.98 Å². The van der Waals surface area contributed by atoms with Crippen molar-refractivity contribution in [2.45, 2.75) is 0 Å². The van der Waals surface area contributed by atoms with Crippen LogP contribution < -0.4 is 10.5 Å². The van der Waals surface area contributed by atoms with Gasteiger partial charge in [-0.1, -0.05) is 24.3 Å². The zero-order chi connectivity index (χ0) is 15.8. The number of hydrogen-bond acceptors (Lipinski definition) is 4. The van der Waals surface area contributed by atoms with E-state index in [0.717, 1.165) is 16.5 Å². The molecule has 4 aromatic rings. The summed E-state index contributed by atoms with van der Waals surface area (Å²) in [4.78, 5) is 20.0. The normalized spacial score (nSPS) is 11.0. The summed E-state index contributed by atoms with van der Waals surface area (Å²) in [5.41, 5.74) is 7.08. The first-order valence-electron chi connectivity index (χ1n) is 7.01. The van der Waals surface area contributed by atoms with Crippen LogP contribution in [0.15, 0.2) is 61.1 Å². The Morgan fingerprint density at radius 2 is 2.00 bits per heavy atom. The van der Waals surface area contributed by atoms with Crippen LogP contribution in [0.1, 0.15) is 0 Å². The molecule has 3 aromatic heterocycles. The molecular formula is C17H12N4O2. The molecule has 2 N–H and O–H groups in total. The third-order valence-corrected chi connectivity index (χ3v) is 3.57. The lowest BCUT2D eigenvalue weighted by Gasteiger charge is -2.02. The number of pyridine rings is 2. The number of carbonyl (C=O) groups excluding carboxylic acids is 1. The summed E-state index contributed by atoms with van der Waals surface area (Å²) in [6.45, 7) is 0. The Bertz CT molecular complexity index is 1030. The molecule has 1 amide bonds. The summed E-state index contributed by atoms with van der Waals surface area (Å²) in [5.74, 6) is 0.312. The SMILES string of the molecule is NC(=O)Oc1cccn2cc(-c3nccc4ccccc34)nc12. The molecule has 0 fully saturated rings. The topological polar surface area (TPSA) is 82.5 Å². The van der Waals surface area contributed by atoms with E-state index in [2.05, 4.69) is 9.97 Å². The number of hydrogen-bond donors (Lipinski definition) is 1. The Morgan fingerprint density at radius 3 is 2.87 bits per heavy atom. The molecular weight excluding hydrogens is 292 g/mol. The van der Waals surface area contributed by atoms with Crippen molar-refractivity contribution in [2.24, 2.45) is 5.73 Å². The fourth-order valence-corrected chi connectivity index (χ4v) is 2.61. The lowest BCUT2D eigenvalue weighted by molar-refractivity contribution is 0.211. The van der Waals surface area contributed by atoms with Gasteiger partial charge in [-0.15, -0.1) is 0 Å². The van der Waals surface area contributed by atoms with Crippen LogP contribution in [0.3, 0.4) is 0 Å². The van der Waals surface area contributed by atoms with Gasteiger partial charge in [0, 0.05) is 24.0 Å². The number of nitrogens with zero attached hydrogens (tertiary/aromatic N) is 3. The van der Waals surface area contributed by atoms with E-state index in [1.807, 2.05) is 42.7 Å². The first-order valence-corrected chi connectivity index (χ1v) is 7.01. The van der Waals surface area contributed by atoms with Crippen LogP contribution in [0.4, 0.5) is 4.79 Å². The zero-order valence-electron chi connectivity index (χ0n) is 12.0. The lowest BCUT2D eigenvalue weighted by atomic mass is 10.1. The van der Waals surface area contributed by atoms with E-state index in [4.69, 9.17) is 10.5 Å². The minimum Gasteiger partial charge on any atom is -0.406 e. The number of benzene rings is 1. The van der Waals surface area contributed by atoms with Crippen molar-refractivity contribution in [1.29, 1.82) is 0 Å². The molecule has 0 saturated heterocycles. The van der Waals surface area contributed by atoms with Gasteiger partial charge in [0.25, 0.3) is 0 Å².